The quantitative estimate of drug-likeness (QED) is 0.837. The van der Waals surface area contributed by atoms with Crippen molar-refractivity contribution in [3.63, 3.8) is 0 Å². The molecular formula is C20H26ClN. The molecule has 1 aliphatic rings. The summed E-state index contributed by atoms with van der Waals surface area (Å²) >= 11 is 0. The van der Waals surface area contributed by atoms with E-state index < -0.39 is 0 Å². The first-order valence-electron chi connectivity index (χ1n) is 7.91. The molecule has 1 fully saturated rings. The van der Waals surface area contributed by atoms with Gasteiger partial charge < -0.3 is 5.32 Å². The van der Waals surface area contributed by atoms with Crippen LogP contribution < -0.4 is 5.32 Å². The topological polar surface area (TPSA) is 12.0 Å². The van der Waals surface area contributed by atoms with E-state index in [1.807, 2.05) is 0 Å². The molecule has 2 aromatic rings. The number of hydrogen-bond donors (Lipinski definition) is 1. The predicted molar refractivity (Wildman–Crippen MR) is 96.9 cm³/mol. The summed E-state index contributed by atoms with van der Waals surface area (Å²) in [7, 11) is 0. The van der Waals surface area contributed by atoms with Crippen LogP contribution in [-0.2, 0) is 0 Å². The lowest BCUT2D eigenvalue weighted by Gasteiger charge is -2.20. The molecule has 1 aliphatic carbocycles. The largest absolute Gasteiger partial charge is 0.312 e. The Morgan fingerprint density at radius 2 is 1.18 bits per heavy atom. The van der Waals surface area contributed by atoms with Gasteiger partial charge in [-0.05, 0) is 56.2 Å². The zero-order valence-corrected chi connectivity index (χ0v) is 14.4. The molecule has 0 bridgehead atoms. The standard InChI is InChI=1S/C20H25N.ClH/c1-20(2,3)21-14-17-18(15-10-6-4-7-11-15)19(17)16-12-8-5-9-13-16;/h4-13,17-19,21H,14H2,1-3H3;1H. The Morgan fingerprint density at radius 1 is 0.773 bits per heavy atom. The average Bonchev–Trinajstić information content (AvgIpc) is 3.21. The molecule has 0 saturated heterocycles. The second-order valence-corrected chi connectivity index (χ2v) is 7.17. The Bertz CT molecular complexity index is 528. The lowest BCUT2D eigenvalue weighted by molar-refractivity contribution is 0.412. The number of hydrogen-bond acceptors (Lipinski definition) is 1. The van der Waals surface area contributed by atoms with Crippen LogP contribution in [-0.4, -0.2) is 12.1 Å². The Balaban J connectivity index is 0.00000176. The summed E-state index contributed by atoms with van der Waals surface area (Å²) in [6.07, 6.45) is 0. The van der Waals surface area contributed by atoms with E-state index in [1.54, 1.807) is 0 Å². The average molecular weight is 316 g/mol. The Kier molecular flexibility index (Phi) is 5.31. The van der Waals surface area contributed by atoms with Gasteiger partial charge in [0.05, 0.1) is 0 Å². The van der Waals surface area contributed by atoms with Crippen LogP contribution in [0.25, 0.3) is 0 Å². The third kappa shape index (κ3) is 3.91. The van der Waals surface area contributed by atoms with E-state index in [-0.39, 0.29) is 17.9 Å². The van der Waals surface area contributed by atoms with Gasteiger partial charge >= 0.3 is 0 Å². The van der Waals surface area contributed by atoms with Gasteiger partial charge in [-0.15, -0.1) is 12.4 Å². The maximum Gasteiger partial charge on any atom is 0.00966 e. The first-order valence-corrected chi connectivity index (χ1v) is 7.91. The fraction of sp³-hybridized carbons (Fsp3) is 0.400. The molecule has 0 radical (unpaired) electrons. The molecule has 2 atom stereocenters. The molecule has 0 aliphatic heterocycles. The van der Waals surface area contributed by atoms with E-state index in [0.29, 0.717) is 17.8 Å². The lowest BCUT2D eigenvalue weighted by Crippen LogP contribution is -2.37. The molecule has 118 valence electrons. The molecule has 2 unspecified atom stereocenters. The van der Waals surface area contributed by atoms with Gasteiger partial charge in [0.1, 0.15) is 0 Å². The molecule has 0 aromatic heterocycles. The van der Waals surface area contributed by atoms with Gasteiger partial charge in [-0.25, -0.2) is 0 Å². The molecule has 2 heteroatoms. The maximum atomic E-state index is 3.68. The summed E-state index contributed by atoms with van der Waals surface area (Å²) in [4.78, 5) is 0. The minimum atomic E-state index is 0. The summed E-state index contributed by atoms with van der Waals surface area (Å²) in [6, 6.07) is 21.9. The molecule has 2 aromatic carbocycles. The van der Waals surface area contributed by atoms with Gasteiger partial charge in [-0.1, -0.05) is 60.7 Å². The number of rotatable bonds is 4. The SMILES string of the molecule is CC(C)(C)NCC1C(c2ccccc2)C1c1ccccc1.Cl. The van der Waals surface area contributed by atoms with Gasteiger partial charge in [-0.3, -0.25) is 0 Å². The zero-order valence-electron chi connectivity index (χ0n) is 13.6. The maximum absolute atomic E-state index is 3.68. The number of benzene rings is 2. The van der Waals surface area contributed by atoms with Gasteiger partial charge in [0.2, 0.25) is 0 Å². The van der Waals surface area contributed by atoms with Gasteiger partial charge in [0.25, 0.3) is 0 Å². The monoisotopic (exact) mass is 315 g/mol. The predicted octanol–water partition coefficient (Wildman–Crippen LogP) is 4.99. The van der Waals surface area contributed by atoms with Crippen LogP contribution in [0.4, 0.5) is 0 Å². The van der Waals surface area contributed by atoms with E-state index in [4.69, 9.17) is 0 Å². The molecule has 3 rings (SSSR count). The van der Waals surface area contributed by atoms with Crippen molar-refractivity contribution in [3.8, 4) is 0 Å². The fourth-order valence-electron chi connectivity index (χ4n) is 3.31. The van der Waals surface area contributed by atoms with E-state index in [9.17, 15) is 0 Å². The third-order valence-electron chi connectivity index (χ3n) is 4.41. The zero-order chi connectivity index (χ0) is 14.9. The first kappa shape index (κ1) is 17.1. The fourth-order valence-corrected chi connectivity index (χ4v) is 3.31. The van der Waals surface area contributed by atoms with Gasteiger partial charge in [0, 0.05) is 5.54 Å². The second-order valence-electron chi connectivity index (χ2n) is 7.17. The third-order valence-corrected chi connectivity index (χ3v) is 4.41. The van der Waals surface area contributed by atoms with Crippen LogP contribution in [0.5, 0.6) is 0 Å². The van der Waals surface area contributed by atoms with Crippen LogP contribution in [0.3, 0.4) is 0 Å². The highest BCUT2D eigenvalue weighted by atomic mass is 35.5. The molecular weight excluding hydrogens is 290 g/mol. The molecule has 22 heavy (non-hydrogen) atoms. The molecule has 0 spiro atoms. The van der Waals surface area contributed by atoms with Crippen molar-refractivity contribution in [1.82, 2.24) is 5.32 Å². The van der Waals surface area contributed by atoms with Crippen molar-refractivity contribution in [2.75, 3.05) is 6.54 Å². The van der Waals surface area contributed by atoms with Crippen LogP contribution >= 0.6 is 12.4 Å². The normalized spacial score (nSPS) is 23.7. The molecule has 0 amide bonds. The van der Waals surface area contributed by atoms with E-state index in [2.05, 4.69) is 86.8 Å². The molecule has 1 N–H and O–H groups in total. The minimum absolute atomic E-state index is 0. The van der Waals surface area contributed by atoms with Crippen molar-refractivity contribution in [2.24, 2.45) is 5.92 Å². The minimum Gasteiger partial charge on any atom is -0.312 e. The van der Waals surface area contributed by atoms with Crippen molar-refractivity contribution < 1.29 is 0 Å². The van der Waals surface area contributed by atoms with Crippen molar-refractivity contribution in [3.05, 3.63) is 71.8 Å². The van der Waals surface area contributed by atoms with Gasteiger partial charge in [-0.2, -0.15) is 0 Å². The highest BCUT2D eigenvalue weighted by Gasteiger charge is 2.51. The molecule has 1 nitrogen and oxygen atoms in total. The molecule has 0 heterocycles. The lowest BCUT2D eigenvalue weighted by atomic mass is 10.0. The number of nitrogens with one attached hydrogen (secondary N) is 1. The van der Waals surface area contributed by atoms with Crippen molar-refractivity contribution in [1.29, 1.82) is 0 Å². The highest BCUT2D eigenvalue weighted by Crippen LogP contribution is 2.60. The van der Waals surface area contributed by atoms with Crippen LogP contribution in [0.1, 0.15) is 43.7 Å². The van der Waals surface area contributed by atoms with E-state index in [0.717, 1.165) is 6.54 Å². The summed E-state index contributed by atoms with van der Waals surface area (Å²) in [5, 5.41) is 3.68. The van der Waals surface area contributed by atoms with Crippen LogP contribution in [0, 0.1) is 5.92 Å². The Hall–Kier alpha value is -1.31. The number of halogens is 1. The van der Waals surface area contributed by atoms with Crippen molar-refractivity contribution >= 4 is 12.4 Å². The first-order chi connectivity index (χ1) is 10.1. The highest BCUT2D eigenvalue weighted by molar-refractivity contribution is 5.85. The summed E-state index contributed by atoms with van der Waals surface area (Å²) in [5.74, 6) is 2.01. The molecule has 1 saturated carbocycles. The summed E-state index contributed by atoms with van der Waals surface area (Å²) in [5.41, 5.74) is 3.14. The van der Waals surface area contributed by atoms with Crippen LogP contribution in [0.15, 0.2) is 60.7 Å². The van der Waals surface area contributed by atoms with Gasteiger partial charge in [0.15, 0.2) is 0 Å². The van der Waals surface area contributed by atoms with E-state index >= 15 is 0 Å². The van der Waals surface area contributed by atoms with E-state index in [1.165, 1.54) is 11.1 Å². The van der Waals surface area contributed by atoms with Crippen LogP contribution in [0.2, 0.25) is 0 Å². The smallest absolute Gasteiger partial charge is 0.00966 e. The Morgan fingerprint density at radius 3 is 1.55 bits per heavy atom. The second kappa shape index (κ2) is 6.85. The summed E-state index contributed by atoms with van der Waals surface area (Å²) < 4.78 is 0. The Labute approximate surface area is 140 Å². The summed E-state index contributed by atoms with van der Waals surface area (Å²) in [6.45, 7) is 7.81. The van der Waals surface area contributed by atoms with Crippen molar-refractivity contribution in [2.45, 2.75) is 38.1 Å².